The number of carbonyl (C=O) groups excluding carboxylic acids is 1. The fourth-order valence-corrected chi connectivity index (χ4v) is 1.94. The monoisotopic (exact) mass is 199 g/mol. The molecule has 0 unspecified atom stereocenters. The van der Waals surface area contributed by atoms with Crippen LogP contribution in [0.1, 0.15) is 21.7 Å². The van der Waals surface area contributed by atoms with Crippen molar-refractivity contribution in [2.75, 3.05) is 0 Å². The summed E-state index contributed by atoms with van der Waals surface area (Å²) < 4.78 is 1.79. The maximum absolute atomic E-state index is 11.0. The van der Waals surface area contributed by atoms with Crippen molar-refractivity contribution < 1.29 is 4.79 Å². The number of hydrogen-bond acceptors (Lipinski definition) is 2. The molecule has 1 aromatic carbocycles. The third-order valence-corrected chi connectivity index (χ3v) is 2.63. The van der Waals surface area contributed by atoms with Gasteiger partial charge in [-0.2, -0.15) is 5.10 Å². The van der Waals surface area contributed by atoms with Crippen LogP contribution in [0.3, 0.4) is 0 Å². The van der Waals surface area contributed by atoms with E-state index < -0.39 is 5.91 Å². The van der Waals surface area contributed by atoms with Crippen molar-refractivity contribution in [1.82, 2.24) is 9.78 Å². The number of aromatic nitrogens is 2. The van der Waals surface area contributed by atoms with Crippen molar-refractivity contribution >= 4 is 5.91 Å². The fraction of sp³-hybridized carbons (Fsp3) is 0.0909. The van der Waals surface area contributed by atoms with Gasteiger partial charge < -0.3 is 5.73 Å². The van der Waals surface area contributed by atoms with Gasteiger partial charge in [0.25, 0.3) is 5.91 Å². The molecule has 2 N–H and O–H groups in total. The van der Waals surface area contributed by atoms with Crippen LogP contribution in [0.4, 0.5) is 0 Å². The smallest absolute Gasteiger partial charge is 0.269 e. The van der Waals surface area contributed by atoms with E-state index >= 15 is 0 Å². The number of carbonyl (C=O) groups is 1. The Morgan fingerprint density at radius 2 is 2.20 bits per heavy atom. The molecule has 0 spiro atoms. The zero-order chi connectivity index (χ0) is 10.4. The Morgan fingerprint density at radius 3 is 3.00 bits per heavy atom. The molecule has 1 amide bonds. The molecule has 2 heterocycles. The first-order chi connectivity index (χ1) is 7.25. The average molecular weight is 199 g/mol. The van der Waals surface area contributed by atoms with Crippen LogP contribution in [0.2, 0.25) is 0 Å². The molecule has 0 atom stereocenters. The lowest BCUT2D eigenvalue weighted by Gasteiger charge is -1.98. The van der Waals surface area contributed by atoms with Crippen molar-refractivity contribution in [2.45, 2.75) is 6.42 Å². The first-order valence-corrected chi connectivity index (χ1v) is 4.73. The molecule has 74 valence electrons. The van der Waals surface area contributed by atoms with E-state index in [0.29, 0.717) is 5.69 Å². The van der Waals surface area contributed by atoms with E-state index in [-0.39, 0.29) is 0 Å². The molecular weight excluding hydrogens is 190 g/mol. The number of para-hydroxylation sites is 1. The lowest BCUT2D eigenvalue weighted by atomic mass is 10.1. The summed E-state index contributed by atoms with van der Waals surface area (Å²) in [5.41, 5.74) is 8.81. The van der Waals surface area contributed by atoms with E-state index in [9.17, 15) is 4.79 Å². The summed E-state index contributed by atoms with van der Waals surface area (Å²) in [5, 5.41) is 4.17. The number of hydrogen-bond donors (Lipinski definition) is 1. The maximum Gasteiger partial charge on any atom is 0.269 e. The summed E-state index contributed by atoms with van der Waals surface area (Å²) >= 11 is 0. The Bertz CT molecular complexity index is 557. The van der Waals surface area contributed by atoms with E-state index in [2.05, 4.69) is 11.2 Å². The summed E-state index contributed by atoms with van der Waals surface area (Å²) in [6.45, 7) is 0. The standard InChI is InChI=1S/C11H9N3O/c12-11(15)9-6-8-5-7-3-1-2-4-10(7)14(8)13-9/h1-4,6H,5H2,(H2,12,15). The van der Waals surface area contributed by atoms with Gasteiger partial charge in [-0.25, -0.2) is 4.68 Å². The second-order valence-electron chi connectivity index (χ2n) is 3.60. The van der Waals surface area contributed by atoms with Gasteiger partial charge in [0.2, 0.25) is 0 Å². The van der Waals surface area contributed by atoms with Gasteiger partial charge in [0.1, 0.15) is 0 Å². The highest BCUT2D eigenvalue weighted by Crippen LogP contribution is 2.26. The molecule has 1 aliphatic heterocycles. The molecule has 15 heavy (non-hydrogen) atoms. The van der Waals surface area contributed by atoms with Gasteiger partial charge in [0.15, 0.2) is 5.69 Å². The molecule has 0 bridgehead atoms. The highest BCUT2D eigenvalue weighted by molar-refractivity contribution is 5.91. The molecule has 1 aliphatic rings. The highest BCUT2D eigenvalue weighted by Gasteiger charge is 2.21. The molecular formula is C11H9N3O. The normalized spacial score (nSPS) is 12.3. The molecule has 1 aromatic heterocycles. The van der Waals surface area contributed by atoms with E-state index in [4.69, 9.17) is 5.73 Å². The zero-order valence-corrected chi connectivity index (χ0v) is 7.97. The van der Waals surface area contributed by atoms with Gasteiger partial charge >= 0.3 is 0 Å². The average Bonchev–Trinajstić information content (AvgIpc) is 2.73. The molecule has 0 fully saturated rings. The number of benzene rings is 1. The highest BCUT2D eigenvalue weighted by atomic mass is 16.1. The quantitative estimate of drug-likeness (QED) is 0.632. The van der Waals surface area contributed by atoms with Crippen LogP contribution in [0.25, 0.3) is 5.69 Å². The van der Waals surface area contributed by atoms with E-state index in [1.807, 2.05) is 18.2 Å². The van der Waals surface area contributed by atoms with Gasteiger partial charge in [0, 0.05) is 12.1 Å². The Kier molecular flexibility index (Phi) is 1.48. The van der Waals surface area contributed by atoms with Crippen LogP contribution < -0.4 is 5.73 Å². The summed E-state index contributed by atoms with van der Waals surface area (Å²) in [6.07, 6.45) is 0.816. The van der Waals surface area contributed by atoms with Crippen LogP contribution in [-0.2, 0) is 6.42 Å². The van der Waals surface area contributed by atoms with Crippen LogP contribution in [-0.4, -0.2) is 15.7 Å². The number of rotatable bonds is 1. The van der Waals surface area contributed by atoms with Crippen molar-refractivity contribution in [1.29, 1.82) is 0 Å². The molecule has 0 saturated carbocycles. The second-order valence-corrected chi connectivity index (χ2v) is 3.60. The van der Waals surface area contributed by atoms with E-state index in [0.717, 1.165) is 17.8 Å². The molecule has 0 aliphatic carbocycles. The first kappa shape index (κ1) is 8.23. The SMILES string of the molecule is NC(=O)c1cc2n(n1)-c1ccccc1C2. The number of nitrogens with zero attached hydrogens (tertiary/aromatic N) is 2. The fourth-order valence-electron chi connectivity index (χ4n) is 1.94. The Balaban J connectivity index is 2.19. The van der Waals surface area contributed by atoms with Gasteiger partial charge in [-0.15, -0.1) is 0 Å². The number of fused-ring (bicyclic) bond motifs is 3. The summed E-state index contributed by atoms with van der Waals surface area (Å²) in [7, 11) is 0. The Labute approximate surface area is 86.3 Å². The summed E-state index contributed by atoms with van der Waals surface area (Å²) in [6, 6.07) is 9.76. The van der Waals surface area contributed by atoms with E-state index in [1.165, 1.54) is 5.56 Å². The maximum atomic E-state index is 11.0. The predicted octanol–water partition coefficient (Wildman–Crippen LogP) is 0.875. The van der Waals surface area contributed by atoms with Crippen LogP contribution in [0.15, 0.2) is 30.3 Å². The van der Waals surface area contributed by atoms with Crippen LogP contribution in [0, 0.1) is 0 Å². The number of nitrogens with two attached hydrogens (primary N) is 1. The number of amides is 1. The summed E-state index contributed by atoms with van der Waals surface area (Å²) in [5.74, 6) is -0.477. The van der Waals surface area contributed by atoms with Gasteiger partial charge in [-0.3, -0.25) is 4.79 Å². The minimum Gasteiger partial charge on any atom is -0.364 e. The third-order valence-electron chi connectivity index (χ3n) is 2.63. The minimum absolute atomic E-state index is 0.333. The lowest BCUT2D eigenvalue weighted by molar-refractivity contribution is 0.0995. The second kappa shape index (κ2) is 2.70. The lowest BCUT2D eigenvalue weighted by Crippen LogP contribution is -2.12. The van der Waals surface area contributed by atoms with Gasteiger partial charge in [-0.05, 0) is 17.7 Å². The van der Waals surface area contributed by atoms with Gasteiger partial charge in [0.05, 0.1) is 5.69 Å². The molecule has 3 rings (SSSR count). The van der Waals surface area contributed by atoms with Crippen molar-refractivity contribution in [2.24, 2.45) is 5.73 Å². The molecule has 0 saturated heterocycles. The van der Waals surface area contributed by atoms with Crippen molar-refractivity contribution in [3.63, 3.8) is 0 Å². The van der Waals surface area contributed by atoms with Crippen molar-refractivity contribution in [3.05, 3.63) is 47.3 Å². The molecule has 0 radical (unpaired) electrons. The molecule has 4 heteroatoms. The Hall–Kier alpha value is -2.10. The minimum atomic E-state index is -0.477. The molecule has 2 aromatic rings. The summed E-state index contributed by atoms with van der Waals surface area (Å²) in [4.78, 5) is 11.0. The third kappa shape index (κ3) is 1.08. The van der Waals surface area contributed by atoms with Gasteiger partial charge in [-0.1, -0.05) is 18.2 Å². The van der Waals surface area contributed by atoms with E-state index in [1.54, 1.807) is 10.7 Å². The number of primary amides is 1. The van der Waals surface area contributed by atoms with Crippen LogP contribution in [0.5, 0.6) is 0 Å². The Morgan fingerprint density at radius 1 is 1.40 bits per heavy atom. The molecule has 4 nitrogen and oxygen atoms in total. The predicted molar refractivity (Wildman–Crippen MR) is 54.9 cm³/mol. The van der Waals surface area contributed by atoms with Crippen LogP contribution >= 0.6 is 0 Å². The zero-order valence-electron chi connectivity index (χ0n) is 7.97. The first-order valence-electron chi connectivity index (χ1n) is 4.73. The van der Waals surface area contributed by atoms with Crippen molar-refractivity contribution in [3.8, 4) is 5.69 Å². The largest absolute Gasteiger partial charge is 0.364 e. The topological polar surface area (TPSA) is 60.9 Å².